The second-order valence-electron chi connectivity index (χ2n) is 4.92. The lowest BCUT2D eigenvalue weighted by molar-refractivity contribution is -0.204. The Balaban J connectivity index is 1.75. The van der Waals surface area contributed by atoms with Gasteiger partial charge < -0.3 is 14.6 Å². The Morgan fingerprint density at radius 3 is 2.41 bits per heavy atom. The zero-order chi connectivity index (χ0) is 11.9. The van der Waals surface area contributed by atoms with Crippen molar-refractivity contribution in [1.82, 2.24) is 15.0 Å². The zero-order valence-electron chi connectivity index (χ0n) is 9.93. The highest BCUT2D eigenvalue weighted by molar-refractivity contribution is 5.09. The first-order valence-corrected chi connectivity index (χ1v) is 5.99. The third kappa shape index (κ3) is 1.86. The first-order valence-electron chi connectivity index (χ1n) is 5.99. The van der Waals surface area contributed by atoms with Gasteiger partial charge in [-0.15, -0.1) is 5.10 Å². The van der Waals surface area contributed by atoms with Crippen LogP contribution >= 0.6 is 0 Å². The molecule has 1 aromatic heterocycles. The maximum absolute atomic E-state index is 10.6. The van der Waals surface area contributed by atoms with Crippen molar-refractivity contribution in [2.75, 3.05) is 13.2 Å². The van der Waals surface area contributed by atoms with Gasteiger partial charge >= 0.3 is 0 Å². The lowest BCUT2D eigenvalue weighted by Gasteiger charge is -2.39. The van der Waals surface area contributed by atoms with E-state index in [-0.39, 0.29) is 0 Å². The van der Waals surface area contributed by atoms with E-state index in [9.17, 15) is 5.11 Å². The first-order chi connectivity index (χ1) is 8.12. The van der Waals surface area contributed by atoms with E-state index in [1.807, 2.05) is 0 Å². The topological polar surface area (TPSA) is 69.4 Å². The second-order valence-corrected chi connectivity index (χ2v) is 4.92. The quantitative estimate of drug-likeness (QED) is 0.764. The number of ether oxygens (including phenoxy) is 2. The van der Waals surface area contributed by atoms with E-state index in [2.05, 4.69) is 10.3 Å². The maximum Gasteiger partial charge on any atom is 0.168 e. The molecular weight excluding hydrogens is 222 g/mol. The Bertz CT molecular complexity index is 402. The Labute approximate surface area is 99.5 Å². The van der Waals surface area contributed by atoms with E-state index in [0.29, 0.717) is 44.6 Å². The largest absolute Gasteiger partial charge is 0.383 e. The third-order valence-electron chi connectivity index (χ3n) is 3.73. The molecule has 3 rings (SSSR count). The molecule has 1 aliphatic heterocycles. The summed E-state index contributed by atoms with van der Waals surface area (Å²) in [5.74, 6) is -0.450. The van der Waals surface area contributed by atoms with Crippen molar-refractivity contribution in [3.8, 4) is 0 Å². The molecule has 0 aromatic carbocycles. The van der Waals surface area contributed by atoms with Crippen LogP contribution in [0.25, 0.3) is 0 Å². The number of nitrogens with zero attached hydrogens (tertiary/aromatic N) is 3. The smallest absolute Gasteiger partial charge is 0.168 e. The molecular formula is C11H17N3O3. The van der Waals surface area contributed by atoms with E-state index in [4.69, 9.17) is 9.47 Å². The molecule has 0 atom stereocenters. The van der Waals surface area contributed by atoms with Crippen LogP contribution in [0.1, 0.15) is 31.4 Å². The molecule has 1 N–H and O–H groups in total. The van der Waals surface area contributed by atoms with Gasteiger partial charge in [-0.3, -0.25) is 4.68 Å². The predicted octanol–water partition coefficient (Wildman–Crippen LogP) is 0.320. The molecule has 0 amide bonds. The van der Waals surface area contributed by atoms with Gasteiger partial charge in [-0.05, 0) is 12.8 Å². The van der Waals surface area contributed by atoms with Gasteiger partial charge in [0.15, 0.2) is 5.79 Å². The van der Waals surface area contributed by atoms with E-state index < -0.39 is 11.4 Å². The summed E-state index contributed by atoms with van der Waals surface area (Å²) in [7, 11) is 1.80. The summed E-state index contributed by atoms with van der Waals surface area (Å²) in [6, 6.07) is 0. The molecule has 1 spiro atoms. The zero-order valence-corrected chi connectivity index (χ0v) is 9.93. The maximum atomic E-state index is 10.6. The molecule has 17 heavy (non-hydrogen) atoms. The fourth-order valence-corrected chi connectivity index (χ4v) is 2.65. The number of hydrogen-bond donors (Lipinski definition) is 1. The van der Waals surface area contributed by atoms with Crippen LogP contribution in [0.4, 0.5) is 0 Å². The average molecular weight is 239 g/mol. The fourth-order valence-electron chi connectivity index (χ4n) is 2.65. The third-order valence-corrected chi connectivity index (χ3v) is 3.73. The molecule has 0 radical (unpaired) electrons. The number of aryl methyl sites for hydroxylation is 1. The van der Waals surface area contributed by atoms with Crippen molar-refractivity contribution < 1.29 is 14.6 Å². The molecule has 1 saturated carbocycles. The van der Waals surface area contributed by atoms with Crippen LogP contribution in [-0.4, -0.2) is 39.1 Å². The average Bonchev–Trinajstić information content (AvgIpc) is 2.94. The van der Waals surface area contributed by atoms with Crippen LogP contribution in [-0.2, 0) is 22.1 Å². The molecule has 2 heterocycles. The number of aliphatic hydroxyl groups is 1. The van der Waals surface area contributed by atoms with Crippen molar-refractivity contribution in [2.24, 2.45) is 7.05 Å². The summed E-state index contributed by atoms with van der Waals surface area (Å²) in [4.78, 5) is 0. The SMILES string of the molecule is Cn1cc(C2(O)CCC3(CC2)OCCO3)nn1. The van der Waals surface area contributed by atoms with E-state index >= 15 is 0 Å². The highest BCUT2D eigenvalue weighted by Gasteiger charge is 2.47. The van der Waals surface area contributed by atoms with Crippen LogP contribution in [0, 0.1) is 0 Å². The molecule has 1 aromatic rings. The molecule has 2 aliphatic rings. The molecule has 6 nitrogen and oxygen atoms in total. The Morgan fingerprint density at radius 1 is 1.24 bits per heavy atom. The molecule has 6 heteroatoms. The normalized spacial score (nSPS) is 26.5. The first kappa shape index (κ1) is 11.1. The molecule has 0 bridgehead atoms. The van der Waals surface area contributed by atoms with Gasteiger partial charge in [-0.2, -0.15) is 0 Å². The van der Waals surface area contributed by atoms with Crippen molar-refractivity contribution in [3.63, 3.8) is 0 Å². The number of rotatable bonds is 1. The minimum absolute atomic E-state index is 0.450. The molecule has 94 valence electrons. The van der Waals surface area contributed by atoms with Crippen molar-refractivity contribution >= 4 is 0 Å². The second kappa shape index (κ2) is 3.76. The molecule has 1 aliphatic carbocycles. The van der Waals surface area contributed by atoms with Crippen molar-refractivity contribution in [2.45, 2.75) is 37.1 Å². The molecule has 1 saturated heterocycles. The monoisotopic (exact) mass is 239 g/mol. The fraction of sp³-hybridized carbons (Fsp3) is 0.818. The Morgan fingerprint density at radius 2 is 1.88 bits per heavy atom. The number of aromatic nitrogens is 3. The van der Waals surface area contributed by atoms with Gasteiger partial charge in [0.25, 0.3) is 0 Å². The lowest BCUT2D eigenvalue weighted by Crippen LogP contribution is -2.42. The minimum Gasteiger partial charge on any atom is -0.383 e. The van der Waals surface area contributed by atoms with Gasteiger partial charge in [-0.25, -0.2) is 0 Å². The Kier molecular flexibility index (Phi) is 2.46. The van der Waals surface area contributed by atoms with Gasteiger partial charge in [0.2, 0.25) is 0 Å². The van der Waals surface area contributed by atoms with Crippen LogP contribution < -0.4 is 0 Å². The van der Waals surface area contributed by atoms with Crippen molar-refractivity contribution in [3.05, 3.63) is 11.9 Å². The lowest BCUT2D eigenvalue weighted by atomic mass is 9.79. The van der Waals surface area contributed by atoms with Gasteiger partial charge in [0.1, 0.15) is 11.3 Å². The highest BCUT2D eigenvalue weighted by Crippen LogP contribution is 2.44. The van der Waals surface area contributed by atoms with E-state index in [1.54, 1.807) is 17.9 Å². The summed E-state index contributed by atoms with van der Waals surface area (Å²) in [6.45, 7) is 1.31. The van der Waals surface area contributed by atoms with Crippen LogP contribution in [0.5, 0.6) is 0 Å². The van der Waals surface area contributed by atoms with Gasteiger partial charge in [0, 0.05) is 19.9 Å². The Hall–Kier alpha value is -0.980. The van der Waals surface area contributed by atoms with Gasteiger partial charge in [0.05, 0.1) is 19.4 Å². The van der Waals surface area contributed by atoms with Crippen molar-refractivity contribution in [1.29, 1.82) is 0 Å². The standard InChI is InChI=1S/C11H17N3O3/c1-14-8-9(12-13-14)10(15)2-4-11(5-3-10)16-6-7-17-11/h8,15H,2-7H2,1H3. The molecule has 2 fully saturated rings. The summed E-state index contributed by atoms with van der Waals surface area (Å²) in [6.07, 6.45) is 4.39. The summed E-state index contributed by atoms with van der Waals surface area (Å²) < 4.78 is 12.9. The van der Waals surface area contributed by atoms with Crippen LogP contribution in [0.3, 0.4) is 0 Å². The molecule has 0 unspecified atom stereocenters. The minimum atomic E-state index is -0.880. The van der Waals surface area contributed by atoms with E-state index in [0.717, 1.165) is 0 Å². The van der Waals surface area contributed by atoms with Crippen LogP contribution in [0.2, 0.25) is 0 Å². The predicted molar refractivity (Wildman–Crippen MR) is 58.0 cm³/mol. The summed E-state index contributed by atoms with van der Waals surface area (Å²) in [5.41, 5.74) is -0.234. The summed E-state index contributed by atoms with van der Waals surface area (Å²) in [5, 5.41) is 18.5. The van der Waals surface area contributed by atoms with Crippen LogP contribution in [0.15, 0.2) is 6.20 Å². The number of hydrogen-bond acceptors (Lipinski definition) is 5. The van der Waals surface area contributed by atoms with E-state index in [1.165, 1.54) is 0 Å². The van der Waals surface area contributed by atoms with Gasteiger partial charge in [-0.1, -0.05) is 5.21 Å². The summed E-state index contributed by atoms with van der Waals surface area (Å²) >= 11 is 0. The highest BCUT2D eigenvalue weighted by atomic mass is 16.7.